The van der Waals surface area contributed by atoms with Crippen molar-refractivity contribution < 1.29 is 9.18 Å². The number of hydrogen-bond donors (Lipinski definition) is 1. The molecule has 0 radical (unpaired) electrons. The third-order valence-corrected chi connectivity index (χ3v) is 6.04. The highest BCUT2D eigenvalue weighted by Gasteiger charge is 2.27. The quantitative estimate of drug-likeness (QED) is 0.724. The van der Waals surface area contributed by atoms with E-state index in [4.69, 9.17) is 4.98 Å². The fourth-order valence-electron chi connectivity index (χ4n) is 3.53. The number of piperidine rings is 1. The van der Waals surface area contributed by atoms with Crippen LogP contribution in [0.25, 0.3) is 10.2 Å². The number of carbonyl (C=O) groups excluding carboxylic acids is 1. The second-order valence-corrected chi connectivity index (χ2v) is 7.93. The Morgan fingerprint density at radius 1 is 1.26 bits per heavy atom. The number of para-hydroxylation sites is 1. The summed E-state index contributed by atoms with van der Waals surface area (Å²) in [5.74, 6) is -0.187. The maximum Gasteiger partial charge on any atom is 0.224 e. The number of aromatic nitrogens is 1. The van der Waals surface area contributed by atoms with Gasteiger partial charge in [-0.05, 0) is 49.1 Å². The number of halogens is 1. The van der Waals surface area contributed by atoms with Gasteiger partial charge in [-0.25, -0.2) is 9.37 Å². The van der Waals surface area contributed by atoms with Crippen molar-refractivity contribution in [2.75, 3.05) is 24.5 Å². The average Bonchev–Trinajstić information content (AvgIpc) is 3.12. The minimum absolute atomic E-state index is 0.0294. The van der Waals surface area contributed by atoms with E-state index in [-0.39, 0.29) is 17.6 Å². The number of anilines is 1. The summed E-state index contributed by atoms with van der Waals surface area (Å²) in [7, 11) is 0. The Balaban J connectivity index is 1.34. The van der Waals surface area contributed by atoms with E-state index >= 15 is 0 Å². The maximum absolute atomic E-state index is 13.2. The van der Waals surface area contributed by atoms with Gasteiger partial charge in [0.2, 0.25) is 5.91 Å². The molecule has 0 bridgehead atoms. The zero-order chi connectivity index (χ0) is 18.6. The Hall–Kier alpha value is -2.47. The molecular weight excluding hydrogens is 361 g/mol. The van der Waals surface area contributed by atoms with Gasteiger partial charge in [-0.2, -0.15) is 0 Å². The third kappa shape index (κ3) is 4.27. The van der Waals surface area contributed by atoms with Gasteiger partial charge in [0.15, 0.2) is 5.13 Å². The lowest BCUT2D eigenvalue weighted by Crippen LogP contribution is -2.43. The van der Waals surface area contributed by atoms with Gasteiger partial charge in [0.1, 0.15) is 5.82 Å². The smallest absolute Gasteiger partial charge is 0.224 e. The van der Waals surface area contributed by atoms with E-state index in [1.165, 1.54) is 16.8 Å². The SMILES string of the molecule is O=C(NCCc1cccc(F)c1)[C@@H]1CCCN(c2nc3ccccc3s2)C1. The Bertz CT molecular complexity index is 909. The van der Waals surface area contributed by atoms with Crippen LogP contribution >= 0.6 is 11.3 Å². The Kier molecular flexibility index (Phi) is 5.34. The van der Waals surface area contributed by atoms with E-state index in [9.17, 15) is 9.18 Å². The molecule has 140 valence electrons. The molecule has 4 rings (SSSR count). The van der Waals surface area contributed by atoms with E-state index in [0.717, 1.165) is 35.6 Å². The molecule has 1 saturated heterocycles. The molecular formula is C21H22FN3OS. The molecule has 1 N–H and O–H groups in total. The highest BCUT2D eigenvalue weighted by molar-refractivity contribution is 7.22. The first-order valence-electron chi connectivity index (χ1n) is 9.32. The summed E-state index contributed by atoms with van der Waals surface area (Å²) in [6.45, 7) is 2.17. The van der Waals surface area contributed by atoms with Crippen LogP contribution < -0.4 is 10.2 Å². The summed E-state index contributed by atoms with van der Waals surface area (Å²) in [6.07, 6.45) is 2.52. The van der Waals surface area contributed by atoms with E-state index in [1.807, 2.05) is 24.3 Å². The second-order valence-electron chi connectivity index (χ2n) is 6.92. The number of rotatable bonds is 5. The Morgan fingerprint density at radius 2 is 2.15 bits per heavy atom. The monoisotopic (exact) mass is 383 g/mol. The molecule has 1 amide bonds. The van der Waals surface area contributed by atoms with Gasteiger partial charge in [-0.3, -0.25) is 4.79 Å². The Morgan fingerprint density at radius 3 is 3.00 bits per heavy atom. The summed E-state index contributed by atoms with van der Waals surface area (Å²) in [4.78, 5) is 19.5. The predicted octanol–water partition coefficient (Wildman–Crippen LogP) is 4.01. The number of nitrogens with zero attached hydrogens (tertiary/aromatic N) is 2. The summed E-state index contributed by atoms with van der Waals surface area (Å²) < 4.78 is 14.4. The first-order chi connectivity index (χ1) is 13.2. The van der Waals surface area contributed by atoms with Gasteiger partial charge in [0.25, 0.3) is 0 Å². The van der Waals surface area contributed by atoms with Gasteiger partial charge < -0.3 is 10.2 Å². The minimum atomic E-state index is -0.238. The van der Waals surface area contributed by atoms with Crippen molar-refractivity contribution in [2.24, 2.45) is 5.92 Å². The molecule has 0 aliphatic carbocycles. The number of hydrogen-bond acceptors (Lipinski definition) is 4. The van der Waals surface area contributed by atoms with Crippen LogP contribution in [0.4, 0.5) is 9.52 Å². The van der Waals surface area contributed by atoms with Crippen molar-refractivity contribution in [1.29, 1.82) is 0 Å². The van der Waals surface area contributed by atoms with E-state index < -0.39 is 0 Å². The first-order valence-corrected chi connectivity index (χ1v) is 10.1. The number of nitrogens with one attached hydrogen (secondary N) is 1. The summed E-state index contributed by atoms with van der Waals surface area (Å²) >= 11 is 1.68. The number of thiazole rings is 1. The van der Waals surface area contributed by atoms with Crippen LogP contribution in [0, 0.1) is 11.7 Å². The first kappa shape index (κ1) is 17.9. The zero-order valence-electron chi connectivity index (χ0n) is 15.0. The largest absolute Gasteiger partial charge is 0.355 e. The molecule has 6 heteroatoms. The van der Waals surface area contributed by atoms with Crippen LogP contribution in [-0.4, -0.2) is 30.5 Å². The molecule has 1 aromatic heterocycles. The van der Waals surface area contributed by atoms with Crippen molar-refractivity contribution in [3.05, 3.63) is 59.9 Å². The minimum Gasteiger partial charge on any atom is -0.355 e. The van der Waals surface area contributed by atoms with Gasteiger partial charge in [-0.15, -0.1) is 0 Å². The zero-order valence-corrected chi connectivity index (χ0v) is 15.8. The second kappa shape index (κ2) is 8.05. The molecule has 2 heterocycles. The molecule has 0 saturated carbocycles. The van der Waals surface area contributed by atoms with Crippen LogP contribution in [0.5, 0.6) is 0 Å². The Labute approximate surface area is 162 Å². The fourth-order valence-corrected chi connectivity index (χ4v) is 4.53. The van der Waals surface area contributed by atoms with Gasteiger partial charge in [-0.1, -0.05) is 35.6 Å². The topological polar surface area (TPSA) is 45.2 Å². The summed E-state index contributed by atoms with van der Waals surface area (Å²) in [6, 6.07) is 14.6. The van der Waals surface area contributed by atoms with Crippen LogP contribution in [0.3, 0.4) is 0 Å². The molecule has 1 aliphatic rings. The maximum atomic E-state index is 13.2. The third-order valence-electron chi connectivity index (χ3n) is 4.95. The molecule has 1 aliphatic heterocycles. The van der Waals surface area contributed by atoms with E-state index in [0.29, 0.717) is 19.5 Å². The van der Waals surface area contributed by atoms with Crippen molar-refractivity contribution in [2.45, 2.75) is 19.3 Å². The molecule has 3 aromatic rings. The molecule has 0 unspecified atom stereocenters. The van der Waals surface area contributed by atoms with E-state index in [1.54, 1.807) is 17.4 Å². The van der Waals surface area contributed by atoms with Crippen LogP contribution in [0.1, 0.15) is 18.4 Å². The molecule has 4 nitrogen and oxygen atoms in total. The van der Waals surface area contributed by atoms with Crippen molar-refractivity contribution in [1.82, 2.24) is 10.3 Å². The highest BCUT2D eigenvalue weighted by Crippen LogP contribution is 2.31. The van der Waals surface area contributed by atoms with Gasteiger partial charge in [0, 0.05) is 19.6 Å². The predicted molar refractivity (Wildman–Crippen MR) is 108 cm³/mol. The standard InChI is InChI=1S/C21H22FN3OS/c22-17-7-3-5-15(13-17)10-11-23-20(26)16-6-4-12-25(14-16)21-24-18-8-1-2-9-19(18)27-21/h1-3,5,7-9,13,16H,4,6,10-12,14H2,(H,23,26)/t16-/m1/s1. The summed E-state index contributed by atoms with van der Waals surface area (Å²) in [5.41, 5.74) is 1.91. The molecule has 0 spiro atoms. The van der Waals surface area contributed by atoms with Crippen LogP contribution in [0.2, 0.25) is 0 Å². The fraction of sp³-hybridized carbons (Fsp3) is 0.333. The molecule has 1 atom stereocenters. The van der Waals surface area contributed by atoms with Crippen molar-refractivity contribution in [3.8, 4) is 0 Å². The summed E-state index contributed by atoms with van der Waals surface area (Å²) in [5, 5.41) is 4.01. The van der Waals surface area contributed by atoms with Crippen LogP contribution in [0.15, 0.2) is 48.5 Å². The highest BCUT2D eigenvalue weighted by atomic mass is 32.1. The molecule has 27 heavy (non-hydrogen) atoms. The lowest BCUT2D eigenvalue weighted by Gasteiger charge is -2.31. The van der Waals surface area contributed by atoms with Gasteiger partial charge in [0.05, 0.1) is 16.1 Å². The van der Waals surface area contributed by atoms with Gasteiger partial charge >= 0.3 is 0 Å². The number of benzene rings is 2. The molecule has 1 fully saturated rings. The molecule has 2 aromatic carbocycles. The van der Waals surface area contributed by atoms with Crippen molar-refractivity contribution >= 4 is 32.6 Å². The number of carbonyl (C=O) groups is 1. The average molecular weight is 383 g/mol. The van der Waals surface area contributed by atoms with E-state index in [2.05, 4.69) is 16.3 Å². The normalized spacial score (nSPS) is 17.2. The van der Waals surface area contributed by atoms with Crippen molar-refractivity contribution in [3.63, 3.8) is 0 Å². The lowest BCUT2D eigenvalue weighted by molar-refractivity contribution is -0.125. The van der Waals surface area contributed by atoms with Crippen LogP contribution in [-0.2, 0) is 11.2 Å². The number of amides is 1. The number of fused-ring (bicyclic) bond motifs is 1. The lowest BCUT2D eigenvalue weighted by atomic mass is 9.97.